The molecule has 0 fully saturated rings. The van der Waals surface area contributed by atoms with Gasteiger partial charge < -0.3 is 14.6 Å². The summed E-state index contributed by atoms with van der Waals surface area (Å²) in [5.74, 6) is 1.73. The highest BCUT2D eigenvalue weighted by molar-refractivity contribution is 7.13. The average Bonchev–Trinajstić information content (AvgIpc) is 3.25. The second-order valence-electron chi connectivity index (χ2n) is 5.80. The average molecular weight is 370 g/mol. The topological polar surface area (TPSA) is 69.0 Å². The summed E-state index contributed by atoms with van der Waals surface area (Å²) < 4.78 is 7.61. The standard InChI is InChI=1S/C19H22N4O2S/c1-3-25-16-7-5-4-6-15(16)19-22-14(13-26-19)12-18(24)21-9-8-17-20-10-11-23(17)2/h4-7,10-11,13H,3,8-9,12H2,1-2H3,(H,21,24). The number of aromatic nitrogens is 3. The highest BCUT2D eigenvalue weighted by Crippen LogP contribution is 2.32. The van der Waals surface area contributed by atoms with E-state index in [1.165, 1.54) is 11.3 Å². The molecular weight excluding hydrogens is 348 g/mol. The molecule has 0 unspecified atom stereocenters. The molecule has 0 aliphatic rings. The molecule has 0 atom stereocenters. The number of hydrogen-bond acceptors (Lipinski definition) is 5. The van der Waals surface area contributed by atoms with Crippen LogP contribution < -0.4 is 10.1 Å². The van der Waals surface area contributed by atoms with Crippen LogP contribution in [0.15, 0.2) is 42.0 Å². The van der Waals surface area contributed by atoms with Gasteiger partial charge in [-0.05, 0) is 19.1 Å². The number of hydrogen-bond donors (Lipinski definition) is 1. The summed E-state index contributed by atoms with van der Waals surface area (Å²) in [7, 11) is 1.95. The Kier molecular flexibility index (Phi) is 6.01. The second-order valence-corrected chi connectivity index (χ2v) is 6.66. The van der Waals surface area contributed by atoms with Crippen LogP contribution in [0.2, 0.25) is 0 Å². The minimum Gasteiger partial charge on any atom is -0.493 e. The van der Waals surface area contributed by atoms with Crippen LogP contribution >= 0.6 is 11.3 Å². The van der Waals surface area contributed by atoms with Gasteiger partial charge in [-0.25, -0.2) is 9.97 Å². The van der Waals surface area contributed by atoms with Crippen molar-refractivity contribution in [3.63, 3.8) is 0 Å². The highest BCUT2D eigenvalue weighted by atomic mass is 32.1. The summed E-state index contributed by atoms with van der Waals surface area (Å²) in [4.78, 5) is 21.0. The van der Waals surface area contributed by atoms with Gasteiger partial charge in [-0.15, -0.1) is 11.3 Å². The first-order valence-electron chi connectivity index (χ1n) is 8.57. The lowest BCUT2D eigenvalue weighted by molar-refractivity contribution is -0.120. The molecular formula is C19H22N4O2S. The third kappa shape index (κ3) is 4.49. The number of imidazole rings is 1. The third-order valence-electron chi connectivity index (χ3n) is 3.90. The summed E-state index contributed by atoms with van der Waals surface area (Å²) in [6, 6.07) is 7.83. The first kappa shape index (κ1) is 18.1. The van der Waals surface area contributed by atoms with Crippen LogP contribution in [0, 0.1) is 0 Å². The van der Waals surface area contributed by atoms with Crippen molar-refractivity contribution in [1.29, 1.82) is 0 Å². The van der Waals surface area contributed by atoms with Gasteiger partial charge in [0.05, 0.1) is 24.3 Å². The fraction of sp³-hybridized carbons (Fsp3) is 0.316. The van der Waals surface area contributed by atoms with E-state index in [0.29, 0.717) is 19.6 Å². The van der Waals surface area contributed by atoms with Gasteiger partial charge in [-0.1, -0.05) is 12.1 Å². The Morgan fingerprint density at radius 2 is 2.19 bits per heavy atom. The normalized spacial score (nSPS) is 10.7. The number of benzene rings is 1. The summed E-state index contributed by atoms with van der Waals surface area (Å²) in [5, 5.41) is 5.72. The van der Waals surface area contributed by atoms with Crippen molar-refractivity contribution in [1.82, 2.24) is 19.9 Å². The number of carbonyl (C=O) groups excluding carboxylic acids is 1. The zero-order valence-corrected chi connectivity index (χ0v) is 15.8. The molecule has 136 valence electrons. The van der Waals surface area contributed by atoms with Crippen molar-refractivity contribution < 1.29 is 9.53 Å². The Labute approximate surface area is 156 Å². The molecule has 3 aromatic rings. The van der Waals surface area contributed by atoms with Crippen molar-refractivity contribution in [3.8, 4) is 16.3 Å². The van der Waals surface area contributed by atoms with Gasteiger partial charge in [0.25, 0.3) is 0 Å². The van der Waals surface area contributed by atoms with E-state index in [2.05, 4.69) is 15.3 Å². The second kappa shape index (κ2) is 8.62. The Bertz CT molecular complexity index is 872. The molecule has 0 aliphatic heterocycles. The lowest BCUT2D eigenvalue weighted by Gasteiger charge is -2.07. The largest absolute Gasteiger partial charge is 0.493 e. The van der Waals surface area contributed by atoms with E-state index in [0.717, 1.165) is 27.8 Å². The van der Waals surface area contributed by atoms with E-state index in [-0.39, 0.29) is 12.3 Å². The Morgan fingerprint density at radius 3 is 2.96 bits per heavy atom. The van der Waals surface area contributed by atoms with Crippen molar-refractivity contribution >= 4 is 17.2 Å². The van der Waals surface area contributed by atoms with Crippen LogP contribution in [0.4, 0.5) is 0 Å². The number of ether oxygens (including phenoxy) is 1. The monoisotopic (exact) mass is 370 g/mol. The summed E-state index contributed by atoms with van der Waals surface area (Å²) in [5.41, 5.74) is 1.73. The van der Waals surface area contributed by atoms with Crippen molar-refractivity contribution in [2.75, 3.05) is 13.2 Å². The number of carbonyl (C=O) groups is 1. The van der Waals surface area contributed by atoms with E-state index in [9.17, 15) is 4.79 Å². The first-order chi connectivity index (χ1) is 12.7. The quantitative estimate of drug-likeness (QED) is 0.662. The smallest absolute Gasteiger partial charge is 0.226 e. The zero-order valence-electron chi connectivity index (χ0n) is 14.9. The molecule has 3 rings (SSSR count). The van der Waals surface area contributed by atoms with Crippen molar-refractivity contribution in [2.24, 2.45) is 7.05 Å². The lowest BCUT2D eigenvalue weighted by atomic mass is 10.2. The summed E-state index contributed by atoms with van der Waals surface area (Å²) >= 11 is 1.52. The van der Waals surface area contributed by atoms with Gasteiger partial charge in [0.2, 0.25) is 5.91 Å². The molecule has 0 bridgehead atoms. The van der Waals surface area contributed by atoms with Crippen LogP contribution in [-0.4, -0.2) is 33.6 Å². The van der Waals surface area contributed by atoms with E-state index in [1.54, 1.807) is 6.20 Å². The number of nitrogens with one attached hydrogen (secondary N) is 1. The molecule has 1 aromatic carbocycles. The van der Waals surface area contributed by atoms with Gasteiger partial charge in [0.1, 0.15) is 16.6 Å². The predicted molar refractivity (Wildman–Crippen MR) is 102 cm³/mol. The summed E-state index contributed by atoms with van der Waals surface area (Å²) in [6.07, 6.45) is 4.63. The number of thiazole rings is 1. The van der Waals surface area contributed by atoms with E-state index >= 15 is 0 Å². The van der Waals surface area contributed by atoms with Crippen LogP contribution in [-0.2, 0) is 24.7 Å². The number of rotatable bonds is 8. The maximum atomic E-state index is 12.1. The molecule has 7 heteroatoms. The fourth-order valence-corrected chi connectivity index (χ4v) is 3.46. The molecule has 2 aromatic heterocycles. The molecule has 6 nitrogen and oxygen atoms in total. The van der Waals surface area contributed by atoms with Crippen molar-refractivity contribution in [2.45, 2.75) is 19.8 Å². The predicted octanol–water partition coefficient (Wildman–Crippen LogP) is 2.84. The van der Waals surface area contributed by atoms with Gasteiger partial charge in [-0.2, -0.15) is 0 Å². The minimum absolute atomic E-state index is 0.0332. The van der Waals surface area contributed by atoms with Gasteiger partial charge in [0.15, 0.2) is 0 Å². The molecule has 26 heavy (non-hydrogen) atoms. The molecule has 0 saturated carbocycles. The molecule has 1 amide bonds. The molecule has 1 N–H and O–H groups in total. The highest BCUT2D eigenvalue weighted by Gasteiger charge is 2.12. The molecule has 2 heterocycles. The van der Waals surface area contributed by atoms with E-state index in [4.69, 9.17) is 4.74 Å². The number of aryl methyl sites for hydroxylation is 1. The Hall–Kier alpha value is -2.67. The van der Waals surface area contributed by atoms with Crippen LogP contribution in [0.5, 0.6) is 5.75 Å². The molecule has 0 spiro atoms. The lowest BCUT2D eigenvalue weighted by Crippen LogP contribution is -2.27. The fourth-order valence-electron chi connectivity index (χ4n) is 2.61. The minimum atomic E-state index is -0.0332. The molecule has 0 saturated heterocycles. The van der Waals surface area contributed by atoms with Gasteiger partial charge >= 0.3 is 0 Å². The van der Waals surface area contributed by atoms with Gasteiger partial charge in [-0.3, -0.25) is 4.79 Å². The summed E-state index contributed by atoms with van der Waals surface area (Å²) in [6.45, 7) is 3.13. The number of nitrogens with zero attached hydrogens (tertiary/aromatic N) is 3. The SMILES string of the molecule is CCOc1ccccc1-c1nc(CC(=O)NCCc2nccn2C)cs1. The maximum absolute atomic E-state index is 12.1. The van der Waals surface area contributed by atoms with Crippen LogP contribution in [0.25, 0.3) is 10.6 Å². The van der Waals surface area contributed by atoms with Crippen LogP contribution in [0.3, 0.4) is 0 Å². The van der Waals surface area contributed by atoms with Crippen molar-refractivity contribution in [3.05, 3.63) is 53.6 Å². The first-order valence-corrected chi connectivity index (χ1v) is 9.45. The van der Waals surface area contributed by atoms with Crippen LogP contribution in [0.1, 0.15) is 18.4 Å². The third-order valence-corrected chi connectivity index (χ3v) is 4.83. The molecule has 0 aliphatic carbocycles. The molecule has 0 radical (unpaired) electrons. The Balaban J connectivity index is 1.56. The Morgan fingerprint density at radius 1 is 1.35 bits per heavy atom. The number of amides is 1. The van der Waals surface area contributed by atoms with E-state index < -0.39 is 0 Å². The van der Waals surface area contributed by atoms with E-state index in [1.807, 2.05) is 54.4 Å². The van der Waals surface area contributed by atoms with Gasteiger partial charge in [0, 0.05) is 37.8 Å². The zero-order chi connectivity index (χ0) is 18.4. The number of para-hydroxylation sites is 1. The maximum Gasteiger partial charge on any atom is 0.226 e.